The van der Waals surface area contributed by atoms with E-state index < -0.39 is 17.9 Å². The maximum Gasteiger partial charge on any atom is 0.330 e. The molecule has 4 N–H and O–H groups in total. The number of carboxylic acids is 1. The minimum absolute atomic E-state index is 0.187. The van der Waals surface area contributed by atoms with Crippen molar-refractivity contribution in [2.75, 3.05) is 6.54 Å². The van der Waals surface area contributed by atoms with Crippen molar-refractivity contribution < 1.29 is 14.7 Å². The van der Waals surface area contributed by atoms with Crippen molar-refractivity contribution in [3.63, 3.8) is 0 Å². The first-order valence-corrected chi connectivity index (χ1v) is 5.34. The molecule has 0 aliphatic heterocycles. The molecule has 1 rings (SSSR count). The molecule has 5 heteroatoms. The van der Waals surface area contributed by atoms with Gasteiger partial charge >= 0.3 is 5.97 Å². The van der Waals surface area contributed by atoms with Gasteiger partial charge in [0.25, 0.3) is 0 Å². The molecule has 0 radical (unpaired) electrons. The molecule has 0 saturated carbocycles. The Labute approximate surface area is 99.6 Å². The van der Waals surface area contributed by atoms with E-state index in [4.69, 9.17) is 10.8 Å². The Morgan fingerprint density at radius 1 is 1.35 bits per heavy atom. The minimum Gasteiger partial charge on any atom is -0.479 e. The van der Waals surface area contributed by atoms with E-state index in [0.29, 0.717) is 5.56 Å². The van der Waals surface area contributed by atoms with Crippen molar-refractivity contribution in [3.8, 4) is 0 Å². The minimum atomic E-state index is -1.09. The van der Waals surface area contributed by atoms with Crippen LogP contribution in [0.25, 0.3) is 0 Å². The van der Waals surface area contributed by atoms with Gasteiger partial charge in [-0.2, -0.15) is 0 Å². The lowest BCUT2D eigenvalue weighted by Gasteiger charge is -2.17. The summed E-state index contributed by atoms with van der Waals surface area (Å²) in [5, 5.41) is 11.5. The number of nitrogens with two attached hydrogens (primary N) is 1. The number of carboxylic acid groups (broad SMARTS) is 1. The fraction of sp³-hybridized carbons (Fsp3) is 0.333. The predicted molar refractivity (Wildman–Crippen MR) is 63.2 cm³/mol. The first-order valence-electron chi connectivity index (χ1n) is 5.34. The molecule has 92 valence electrons. The lowest BCUT2D eigenvalue weighted by Crippen LogP contribution is -2.39. The quantitative estimate of drug-likeness (QED) is 0.695. The fourth-order valence-corrected chi connectivity index (χ4v) is 1.32. The number of hydrogen-bond donors (Lipinski definition) is 3. The molecule has 1 aromatic carbocycles. The lowest BCUT2D eigenvalue weighted by molar-refractivity contribution is -0.142. The summed E-state index contributed by atoms with van der Waals surface area (Å²) in [4.78, 5) is 22.7. The van der Waals surface area contributed by atoms with Crippen LogP contribution in [0.5, 0.6) is 0 Å². The molecule has 0 spiro atoms. The monoisotopic (exact) mass is 236 g/mol. The van der Waals surface area contributed by atoms with Gasteiger partial charge < -0.3 is 16.2 Å². The highest BCUT2D eigenvalue weighted by molar-refractivity contribution is 5.85. The van der Waals surface area contributed by atoms with Crippen LogP contribution in [-0.2, 0) is 9.59 Å². The summed E-state index contributed by atoms with van der Waals surface area (Å²) in [6.07, 6.45) is 0. The summed E-state index contributed by atoms with van der Waals surface area (Å²) >= 11 is 0. The van der Waals surface area contributed by atoms with Crippen molar-refractivity contribution in [2.24, 2.45) is 11.7 Å². The number of hydrogen-bond acceptors (Lipinski definition) is 3. The van der Waals surface area contributed by atoms with Crippen LogP contribution in [0.3, 0.4) is 0 Å². The molecule has 5 nitrogen and oxygen atoms in total. The van der Waals surface area contributed by atoms with Crippen molar-refractivity contribution in [3.05, 3.63) is 35.9 Å². The smallest absolute Gasteiger partial charge is 0.330 e. The summed E-state index contributed by atoms with van der Waals surface area (Å²) < 4.78 is 0. The second-order valence-corrected chi connectivity index (χ2v) is 3.83. The molecule has 0 aliphatic rings. The van der Waals surface area contributed by atoms with E-state index in [1.807, 2.05) is 0 Å². The highest BCUT2D eigenvalue weighted by Gasteiger charge is 2.23. The molecule has 0 saturated heterocycles. The average molecular weight is 236 g/mol. The number of rotatable bonds is 5. The standard InChI is InChI=1S/C12H16N2O3/c1-8(7-13)11(15)14-10(12(16)17)9-5-3-2-4-6-9/h2-6,8,10H,7,13H2,1H3,(H,14,15)(H,16,17)/t8?,10-/m1/s1. The first-order chi connectivity index (χ1) is 8.06. The zero-order valence-electron chi connectivity index (χ0n) is 9.59. The number of nitrogens with one attached hydrogen (secondary N) is 1. The second kappa shape index (κ2) is 6.00. The van der Waals surface area contributed by atoms with Gasteiger partial charge in [-0.3, -0.25) is 4.79 Å². The van der Waals surface area contributed by atoms with Gasteiger partial charge in [0.2, 0.25) is 5.91 Å². The maximum absolute atomic E-state index is 11.6. The van der Waals surface area contributed by atoms with Crippen LogP contribution in [0.15, 0.2) is 30.3 Å². The molecule has 0 aromatic heterocycles. The highest BCUT2D eigenvalue weighted by Crippen LogP contribution is 2.13. The number of carbonyl (C=O) groups is 2. The zero-order chi connectivity index (χ0) is 12.8. The van der Waals surface area contributed by atoms with Crippen LogP contribution in [0, 0.1) is 5.92 Å². The van der Waals surface area contributed by atoms with Crippen LogP contribution in [0.1, 0.15) is 18.5 Å². The molecule has 1 unspecified atom stereocenters. The van der Waals surface area contributed by atoms with Gasteiger partial charge in [0.1, 0.15) is 0 Å². The highest BCUT2D eigenvalue weighted by atomic mass is 16.4. The summed E-state index contributed by atoms with van der Waals surface area (Å²) in [5.41, 5.74) is 5.89. The Kier molecular flexibility index (Phi) is 4.66. The lowest BCUT2D eigenvalue weighted by atomic mass is 10.1. The van der Waals surface area contributed by atoms with Crippen molar-refractivity contribution in [1.29, 1.82) is 0 Å². The summed E-state index contributed by atoms with van der Waals surface area (Å²) in [5.74, 6) is -1.85. The van der Waals surface area contributed by atoms with Gasteiger partial charge in [-0.05, 0) is 5.56 Å². The number of carbonyl (C=O) groups excluding carboxylic acids is 1. The molecule has 0 bridgehead atoms. The number of benzene rings is 1. The molecule has 2 atom stereocenters. The van der Waals surface area contributed by atoms with E-state index >= 15 is 0 Å². The Bertz CT molecular complexity index is 392. The Balaban J connectivity index is 2.82. The van der Waals surface area contributed by atoms with Crippen molar-refractivity contribution in [1.82, 2.24) is 5.32 Å². The van der Waals surface area contributed by atoms with Crippen LogP contribution in [0.4, 0.5) is 0 Å². The van der Waals surface area contributed by atoms with E-state index in [2.05, 4.69) is 5.32 Å². The van der Waals surface area contributed by atoms with Gasteiger partial charge in [0.15, 0.2) is 6.04 Å². The average Bonchev–Trinajstić information content (AvgIpc) is 2.35. The van der Waals surface area contributed by atoms with Crippen LogP contribution in [0.2, 0.25) is 0 Å². The predicted octanol–water partition coefficient (Wildman–Crippen LogP) is 0.523. The van der Waals surface area contributed by atoms with Crippen molar-refractivity contribution >= 4 is 11.9 Å². The molecule has 0 aliphatic carbocycles. The zero-order valence-corrected chi connectivity index (χ0v) is 9.59. The normalized spacial score (nSPS) is 13.8. The van der Waals surface area contributed by atoms with Crippen LogP contribution >= 0.6 is 0 Å². The van der Waals surface area contributed by atoms with Gasteiger partial charge in [0, 0.05) is 12.5 Å². The van der Waals surface area contributed by atoms with E-state index in [9.17, 15) is 9.59 Å². The molecular formula is C12H16N2O3. The second-order valence-electron chi connectivity index (χ2n) is 3.83. The third-order valence-corrected chi connectivity index (χ3v) is 2.47. The number of amides is 1. The molecular weight excluding hydrogens is 220 g/mol. The fourth-order valence-electron chi connectivity index (χ4n) is 1.32. The van der Waals surface area contributed by atoms with Crippen LogP contribution < -0.4 is 11.1 Å². The topological polar surface area (TPSA) is 92.4 Å². The SMILES string of the molecule is CC(CN)C(=O)N[C@@H](C(=O)O)c1ccccc1. The Morgan fingerprint density at radius 2 is 1.94 bits per heavy atom. The van der Waals surface area contributed by atoms with Gasteiger partial charge in [0.05, 0.1) is 0 Å². The summed E-state index contributed by atoms with van der Waals surface area (Å²) in [6.45, 7) is 1.84. The van der Waals surface area contributed by atoms with E-state index in [1.54, 1.807) is 37.3 Å². The van der Waals surface area contributed by atoms with Gasteiger partial charge in [-0.15, -0.1) is 0 Å². The molecule has 17 heavy (non-hydrogen) atoms. The molecule has 0 heterocycles. The summed E-state index contributed by atoms with van der Waals surface area (Å²) in [7, 11) is 0. The largest absolute Gasteiger partial charge is 0.479 e. The van der Waals surface area contributed by atoms with E-state index in [0.717, 1.165) is 0 Å². The molecule has 1 aromatic rings. The Hall–Kier alpha value is -1.88. The van der Waals surface area contributed by atoms with Gasteiger partial charge in [-0.25, -0.2) is 4.79 Å². The van der Waals surface area contributed by atoms with Crippen molar-refractivity contribution in [2.45, 2.75) is 13.0 Å². The summed E-state index contributed by atoms with van der Waals surface area (Å²) in [6, 6.07) is 7.52. The maximum atomic E-state index is 11.6. The Morgan fingerprint density at radius 3 is 2.41 bits per heavy atom. The van der Waals surface area contributed by atoms with E-state index in [1.165, 1.54) is 0 Å². The number of aliphatic carboxylic acids is 1. The third kappa shape index (κ3) is 3.57. The molecule has 1 amide bonds. The third-order valence-electron chi connectivity index (χ3n) is 2.47. The van der Waals surface area contributed by atoms with E-state index in [-0.39, 0.29) is 12.5 Å². The van der Waals surface area contributed by atoms with Crippen LogP contribution in [-0.4, -0.2) is 23.5 Å². The first kappa shape index (κ1) is 13.2. The molecule has 0 fully saturated rings. The van der Waals surface area contributed by atoms with Gasteiger partial charge in [-0.1, -0.05) is 37.3 Å².